The van der Waals surface area contributed by atoms with Gasteiger partial charge in [0.2, 0.25) is 5.91 Å². The van der Waals surface area contributed by atoms with Gasteiger partial charge < -0.3 is 15.3 Å². The number of amides is 1. The van der Waals surface area contributed by atoms with E-state index in [4.69, 9.17) is 0 Å². The van der Waals surface area contributed by atoms with E-state index < -0.39 is 5.41 Å². The van der Waals surface area contributed by atoms with Gasteiger partial charge in [-0.05, 0) is 55.3 Å². The molecule has 31 heavy (non-hydrogen) atoms. The monoisotopic (exact) mass is 469 g/mol. The van der Waals surface area contributed by atoms with Crippen LogP contribution in [-0.4, -0.2) is 15.9 Å². The lowest BCUT2D eigenvalue weighted by molar-refractivity contribution is -0.118. The highest BCUT2D eigenvalue weighted by molar-refractivity contribution is 9.10. The number of fused-ring (bicyclic) bond motifs is 3. The van der Waals surface area contributed by atoms with Crippen molar-refractivity contribution in [1.29, 1.82) is 0 Å². The number of hydrogen-bond donors (Lipinski definition) is 3. The van der Waals surface area contributed by atoms with Crippen molar-refractivity contribution in [3.05, 3.63) is 99.3 Å². The topological polar surface area (TPSA) is 60.7 Å². The number of aromatic amines is 2. The lowest BCUT2D eigenvalue weighted by Crippen LogP contribution is -2.39. The molecule has 0 fully saturated rings. The summed E-state index contributed by atoms with van der Waals surface area (Å²) in [7, 11) is 0. The SMILES string of the molecule is Cc1c(C2(c3[nH]c4ccccc4c3C)C(=O)Nc3ccc(Br)cc32)[nH]c2ccccc12. The average molecular weight is 470 g/mol. The van der Waals surface area contributed by atoms with Crippen LogP contribution in [-0.2, 0) is 10.2 Å². The van der Waals surface area contributed by atoms with E-state index in [-0.39, 0.29) is 5.91 Å². The molecule has 2 aromatic heterocycles. The number of H-pyrrole nitrogens is 2. The molecule has 1 aliphatic rings. The van der Waals surface area contributed by atoms with Gasteiger partial charge in [-0.15, -0.1) is 0 Å². The molecule has 4 nitrogen and oxygen atoms in total. The van der Waals surface area contributed by atoms with Gasteiger partial charge in [0, 0.05) is 48.9 Å². The molecule has 0 saturated carbocycles. The van der Waals surface area contributed by atoms with E-state index in [0.29, 0.717) is 0 Å². The number of carbonyl (C=O) groups excluding carboxylic acids is 1. The molecule has 1 amide bonds. The molecular formula is C26H20BrN3O. The summed E-state index contributed by atoms with van der Waals surface area (Å²) in [6.07, 6.45) is 0. The van der Waals surface area contributed by atoms with Crippen LogP contribution in [0.25, 0.3) is 21.8 Å². The van der Waals surface area contributed by atoms with Crippen molar-refractivity contribution < 1.29 is 4.79 Å². The van der Waals surface area contributed by atoms with Gasteiger partial charge in [-0.25, -0.2) is 0 Å². The highest BCUT2D eigenvalue weighted by atomic mass is 79.9. The van der Waals surface area contributed by atoms with E-state index in [1.807, 2.05) is 36.4 Å². The molecule has 6 rings (SSSR count). The van der Waals surface area contributed by atoms with Crippen LogP contribution in [0.2, 0.25) is 0 Å². The first-order chi connectivity index (χ1) is 15.0. The normalized spacial score (nSPS) is 14.9. The van der Waals surface area contributed by atoms with Crippen LogP contribution in [0.3, 0.4) is 0 Å². The van der Waals surface area contributed by atoms with Crippen molar-refractivity contribution in [2.24, 2.45) is 0 Å². The number of anilines is 1. The zero-order chi connectivity index (χ0) is 21.3. The standard InChI is InChI=1S/C26H20BrN3O/c1-14-17-7-3-5-9-20(17)28-23(14)26(19-13-16(27)11-12-22(19)30-25(26)31)24-15(2)18-8-4-6-10-21(18)29-24/h3-13,28-29H,1-2H3,(H,30,31). The minimum atomic E-state index is -1.01. The average Bonchev–Trinajstić information content (AvgIpc) is 3.38. The molecule has 0 spiro atoms. The maximum atomic E-state index is 14.0. The van der Waals surface area contributed by atoms with E-state index in [1.165, 1.54) is 0 Å². The van der Waals surface area contributed by atoms with Crippen molar-refractivity contribution in [1.82, 2.24) is 9.97 Å². The van der Waals surface area contributed by atoms with Gasteiger partial charge >= 0.3 is 0 Å². The summed E-state index contributed by atoms with van der Waals surface area (Å²) in [4.78, 5) is 21.2. The number of nitrogens with one attached hydrogen (secondary N) is 3. The minimum Gasteiger partial charge on any atom is -0.357 e. The quantitative estimate of drug-likeness (QED) is 0.278. The van der Waals surface area contributed by atoms with Crippen molar-refractivity contribution in [2.45, 2.75) is 19.3 Å². The largest absolute Gasteiger partial charge is 0.357 e. The third-order valence-electron chi connectivity index (χ3n) is 6.66. The van der Waals surface area contributed by atoms with Crippen LogP contribution < -0.4 is 5.32 Å². The number of carbonyl (C=O) groups is 1. The second-order valence-electron chi connectivity index (χ2n) is 8.24. The van der Waals surface area contributed by atoms with E-state index in [9.17, 15) is 4.79 Å². The molecule has 0 unspecified atom stereocenters. The first kappa shape index (κ1) is 18.5. The molecule has 1 aliphatic heterocycles. The molecule has 5 aromatic rings. The number of aryl methyl sites for hydroxylation is 2. The predicted octanol–water partition coefficient (Wildman–Crippen LogP) is 6.32. The molecule has 0 aliphatic carbocycles. The Morgan fingerprint density at radius 2 is 1.32 bits per heavy atom. The van der Waals surface area contributed by atoms with Gasteiger partial charge in [0.15, 0.2) is 5.41 Å². The van der Waals surface area contributed by atoms with E-state index in [1.54, 1.807) is 0 Å². The van der Waals surface area contributed by atoms with Crippen LogP contribution in [0.1, 0.15) is 28.1 Å². The van der Waals surface area contributed by atoms with Crippen molar-refractivity contribution in [2.75, 3.05) is 5.32 Å². The van der Waals surface area contributed by atoms with Gasteiger partial charge in [0.05, 0.1) is 0 Å². The van der Waals surface area contributed by atoms with Crippen molar-refractivity contribution >= 4 is 49.3 Å². The summed E-state index contributed by atoms with van der Waals surface area (Å²) in [5, 5.41) is 5.41. The van der Waals surface area contributed by atoms with Crippen molar-refractivity contribution in [3.63, 3.8) is 0 Å². The number of benzene rings is 3. The molecule has 152 valence electrons. The number of aromatic nitrogens is 2. The fourth-order valence-electron chi connectivity index (χ4n) is 5.21. The lowest BCUT2D eigenvalue weighted by atomic mass is 9.73. The van der Waals surface area contributed by atoms with E-state index >= 15 is 0 Å². The Balaban J connectivity index is 1.80. The van der Waals surface area contributed by atoms with Crippen molar-refractivity contribution in [3.8, 4) is 0 Å². The molecule has 3 aromatic carbocycles. The third kappa shape index (κ3) is 2.32. The van der Waals surface area contributed by atoms with Gasteiger partial charge in [-0.2, -0.15) is 0 Å². The lowest BCUT2D eigenvalue weighted by Gasteiger charge is -2.28. The number of halogens is 1. The Morgan fingerprint density at radius 1 is 0.774 bits per heavy atom. The minimum absolute atomic E-state index is 0.0510. The summed E-state index contributed by atoms with van der Waals surface area (Å²) in [6, 6.07) is 22.4. The van der Waals surface area contributed by atoms with Crippen LogP contribution in [0.15, 0.2) is 71.2 Å². The highest BCUT2D eigenvalue weighted by Gasteiger charge is 2.53. The van der Waals surface area contributed by atoms with Gasteiger partial charge in [-0.3, -0.25) is 4.79 Å². The Bertz CT molecular complexity index is 1440. The molecule has 0 saturated heterocycles. The Labute approximate surface area is 187 Å². The summed E-state index contributed by atoms with van der Waals surface area (Å²) in [5.41, 5.74) is 6.79. The Hall–Kier alpha value is -3.31. The molecular weight excluding hydrogens is 450 g/mol. The molecule has 0 radical (unpaired) electrons. The fraction of sp³-hybridized carbons (Fsp3) is 0.115. The van der Waals surface area contributed by atoms with Crippen LogP contribution >= 0.6 is 15.9 Å². The predicted molar refractivity (Wildman–Crippen MR) is 129 cm³/mol. The summed E-state index contributed by atoms with van der Waals surface area (Å²) < 4.78 is 0.939. The van der Waals surface area contributed by atoms with Gasteiger partial charge in [-0.1, -0.05) is 52.3 Å². The molecule has 3 N–H and O–H groups in total. The second kappa shape index (κ2) is 6.34. The molecule has 3 heterocycles. The third-order valence-corrected chi connectivity index (χ3v) is 7.15. The van der Waals surface area contributed by atoms with Crippen LogP contribution in [0, 0.1) is 13.8 Å². The van der Waals surface area contributed by atoms with Gasteiger partial charge in [0.25, 0.3) is 0 Å². The Morgan fingerprint density at radius 3 is 1.87 bits per heavy atom. The number of hydrogen-bond acceptors (Lipinski definition) is 1. The zero-order valence-electron chi connectivity index (χ0n) is 17.1. The van der Waals surface area contributed by atoms with Crippen LogP contribution in [0.5, 0.6) is 0 Å². The van der Waals surface area contributed by atoms with Crippen LogP contribution in [0.4, 0.5) is 5.69 Å². The maximum absolute atomic E-state index is 14.0. The Kier molecular flexibility index (Phi) is 3.78. The summed E-state index contributed by atoms with van der Waals surface area (Å²) in [5.74, 6) is -0.0510. The fourth-order valence-corrected chi connectivity index (χ4v) is 5.57. The molecule has 0 bridgehead atoms. The molecule has 0 atom stereocenters. The van der Waals surface area contributed by atoms with E-state index in [0.717, 1.165) is 60.0 Å². The number of rotatable bonds is 2. The second-order valence-corrected chi connectivity index (χ2v) is 9.15. The van der Waals surface area contributed by atoms with E-state index in [2.05, 4.69) is 75.4 Å². The summed E-state index contributed by atoms with van der Waals surface area (Å²) in [6.45, 7) is 4.19. The maximum Gasteiger partial charge on any atom is 0.247 e. The first-order valence-corrected chi connectivity index (χ1v) is 11.1. The first-order valence-electron chi connectivity index (χ1n) is 10.3. The summed E-state index contributed by atoms with van der Waals surface area (Å²) >= 11 is 3.63. The molecule has 5 heteroatoms. The zero-order valence-corrected chi connectivity index (χ0v) is 18.7. The highest BCUT2D eigenvalue weighted by Crippen LogP contribution is 2.51. The number of para-hydroxylation sites is 2. The smallest absolute Gasteiger partial charge is 0.247 e. The van der Waals surface area contributed by atoms with Gasteiger partial charge in [0.1, 0.15) is 0 Å².